The molecule has 0 heterocycles. The Morgan fingerprint density at radius 1 is 0.870 bits per heavy atom. The molecule has 0 rings (SSSR count). The summed E-state index contributed by atoms with van der Waals surface area (Å²) in [6.07, 6.45) is 18.2. The van der Waals surface area contributed by atoms with Gasteiger partial charge in [0, 0.05) is 13.0 Å². The van der Waals surface area contributed by atoms with Crippen LogP contribution in [0.5, 0.6) is 0 Å². The first-order valence-electron chi connectivity index (χ1n) is 10.1. The molecule has 0 radical (unpaired) electrons. The van der Waals surface area contributed by atoms with E-state index in [1.807, 2.05) is 11.8 Å². The van der Waals surface area contributed by atoms with Crippen molar-refractivity contribution in [2.75, 3.05) is 6.54 Å². The first kappa shape index (κ1) is 22.2. The van der Waals surface area contributed by atoms with Gasteiger partial charge in [0.2, 0.25) is 5.91 Å². The lowest BCUT2D eigenvalue weighted by molar-refractivity contribution is -0.128. The van der Waals surface area contributed by atoms with E-state index in [4.69, 9.17) is 0 Å². The van der Waals surface area contributed by atoms with Crippen molar-refractivity contribution >= 4 is 5.91 Å². The number of hydrogen-bond donors (Lipinski definition) is 0. The number of carbonyl (C=O) groups excluding carboxylic acids is 1. The third-order valence-corrected chi connectivity index (χ3v) is 4.73. The Labute approximate surface area is 145 Å². The summed E-state index contributed by atoms with van der Waals surface area (Å²) in [4.78, 5) is 13.8. The molecule has 0 fully saturated rings. The molecule has 0 aromatic rings. The fourth-order valence-electron chi connectivity index (χ4n) is 3.16. The van der Waals surface area contributed by atoms with Gasteiger partial charge < -0.3 is 4.90 Å². The van der Waals surface area contributed by atoms with Gasteiger partial charge >= 0.3 is 0 Å². The molecule has 0 bridgehead atoms. The van der Waals surface area contributed by atoms with Gasteiger partial charge in [0.25, 0.3) is 0 Å². The monoisotopic (exact) mass is 323 g/mol. The highest BCUT2D eigenvalue weighted by Gasteiger charge is 2.15. The highest BCUT2D eigenvalue weighted by Crippen LogP contribution is 2.20. The summed E-state index contributed by atoms with van der Waals surface area (Å²) >= 11 is 0. The average molecular weight is 324 g/mol. The molecule has 0 N–H and O–H groups in total. The average Bonchev–Trinajstić information content (AvgIpc) is 2.57. The minimum absolute atomic E-state index is 0.210. The predicted molar refractivity (Wildman–Crippen MR) is 102 cm³/mol. The lowest BCUT2D eigenvalue weighted by Gasteiger charge is -2.24. The summed E-state index contributed by atoms with van der Waals surface area (Å²) in [5.74, 6) is 0.855. The molecule has 0 saturated carbocycles. The normalized spacial score (nSPS) is 12.1. The van der Waals surface area contributed by atoms with Crippen molar-refractivity contribution in [2.45, 2.75) is 104 Å². The minimum Gasteiger partial charge on any atom is -0.319 e. The zero-order chi connectivity index (χ0) is 17.3. The molecule has 1 amide bonds. The van der Waals surface area contributed by atoms with Crippen molar-refractivity contribution in [3.8, 4) is 0 Å². The van der Waals surface area contributed by atoms with Crippen LogP contribution >= 0.6 is 0 Å². The number of amides is 1. The number of nitrogens with zero attached hydrogens (tertiary/aromatic N) is 1. The highest BCUT2D eigenvalue weighted by atomic mass is 16.2. The van der Waals surface area contributed by atoms with Gasteiger partial charge in [-0.05, 0) is 25.0 Å². The Morgan fingerprint density at radius 3 is 1.83 bits per heavy atom. The van der Waals surface area contributed by atoms with Crippen molar-refractivity contribution in [1.82, 2.24) is 4.90 Å². The Morgan fingerprint density at radius 2 is 1.35 bits per heavy atom. The van der Waals surface area contributed by atoms with Crippen LogP contribution in [-0.2, 0) is 4.79 Å². The van der Waals surface area contributed by atoms with E-state index in [-0.39, 0.29) is 5.91 Å². The van der Waals surface area contributed by atoms with Gasteiger partial charge in [-0.3, -0.25) is 4.79 Å². The van der Waals surface area contributed by atoms with Gasteiger partial charge in [0.05, 0.1) is 0 Å². The van der Waals surface area contributed by atoms with Crippen LogP contribution in [0.15, 0.2) is 12.8 Å². The summed E-state index contributed by atoms with van der Waals surface area (Å²) in [6, 6.07) is 0. The SMILES string of the molecule is C=CN(CC(CCCCCC)CCCCCCCC)C(=O)CC. The van der Waals surface area contributed by atoms with Crippen LogP contribution in [0.1, 0.15) is 104 Å². The zero-order valence-corrected chi connectivity index (χ0v) is 16.1. The van der Waals surface area contributed by atoms with E-state index < -0.39 is 0 Å². The standard InChI is InChI=1S/C21H41NO/c1-5-9-11-13-14-16-18-20(17-15-12-10-6-2)19-22(8-4)21(23)7-3/h8,20H,4-7,9-19H2,1-3H3. The van der Waals surface area contributed by atoms with E-state index in [1.165, 1.54) is 77.0 Å². The molecule has 0 spiro atoms. The lowest BCUT2D eigenvalue weighted by atomic mass is 9.93. The van der Waals surface area contributed by atoms with E-state index in [9.17, 15) is 4.79 Å². The van der Waals surface area contributed by atoms with E-state index in [0.29, 0.717) is 12.3 Å². The van der Waals surface area contributed by atoms with E-state index in [2.05, 4.69) is 20.4 Å². The molecule has 1 atom stereocenters. The molecule has 23 heavy (non-hydrogen) atoms. The maximum atomic E-state index is 12.0. The van der Waals surface area contributed by atoms with Gasteiger partial charge in [-0.1, -0.05) is 91.6 Å². The van der Waals surface area contributed by atoms with Gasteiger partial charge in [0.15, 0.2) is 0 Å². The molecule has 1 unspecified atom stereocenters. The van der Waals surface area contributed by atoms with Crippen LogP contribution in [0.4, 0.5) is 0 Å². The third kappa shape index (κ3) is 12.3. The smallest absolute Gasteiger partial charge is 0.226 e. The molecule has 0 saturated heterocycles. The second kappa shape index (κ2) is 16.1. The summed E-state index contributed by atoms with van der Waals surface area (Å²) in [7, 11) is 0. The fourth-order valence-corrected chi connectivity index (χ4v) is 3.16. The van der Waals surface area contributed by atoms with Gasteiger partial charge in [-0.2, -0.15) is 0 Å². The van der Waals surface area contributed by atoms with Crippen LogP contribution in [0.2, 0.25) is 0 Å². The predicted octanol–water partition coefficient (Wildman–Crippen LogP) is 6.71. The molecule has 2 nitrogen and oxygen atoms in total. The van der Waals surface area contributed by atoms with Crippen LogP contribution < -0.4 is 0 Å². The van der Waals surface area contributed by atoms with E-state index in [0.717, 1.165) is 6.54 Å². The van der Waals surface area contributed by atoms with Crippen molar-refractivity contribution in [3.63, 3.8) is 0 Å². The van der Waals surface area contributed by atoms with Gasteiger partial charge in [-0.15, -0.1) is 0 Å². The van der Waals surface area contributed by atoms with Crippen LogP contribution in [-0.4, -0.2) is 17.4 Å². The summed E-state index contributed by atoms with van der Waals surface area (Å²) in [5, 5.41) is 0. The van der Waals surface area contributed by atoms with Gasteiger partial charge in [0.1, 0.15) is 0 Å². The summed E-state index contributed by atoms with van der Waals surface area (Å²) < 4.78 is 0. The number of carbonyl (C=O) groups is 1. The van der Waals surface area contributed by atoms with Crippen LogP contribution in [0.3, 0.4) is 0 Å². The zero-order valence-electron chi connectivity index (χ0n) is 16.1. The lowest BCUT2D eigenvalue weighted by Crippen LogP contribution is -2.30. The summed E-state index contributed by atoms with van der Waals surface area (Å²) in [6.45, 7) is 11.2. The topological polar surface area (TPSA) is 20.3 Å². The van der Waals surface area contributed by atoms with Crippen LogP contribution in [0, 0.1) is 5.92 Å². The first-order chi connectivity index (χ1) is 11.2. The van der Waals surface area contributed by atoms with Crippen LogP contribution in [0.25, 0.3) is 0 Å². The largest absolute Gasteiger partial charge is 0.319 e. The second-order valence-corrected chi connectivity index (χ2v) is 6.85. The molecule has 0 aliphatic rings. The van der Waals surface area contributed by atoms with Crippen molar-refractivity contribution in [3.05, 3.63) is 12.8 Å². The maximum Gasteiger partial charge on any atom is 0.226 e. The fraction of sp³-hybridized carbons (Fsp3) is 0.857. The minimum atomic E-state index is 0.210. The quantitative estimate of drug-likeness (QED) is 0.289. The van der Waals surface area contributed by atoms with Crippen molar-refractivity contribution in [2.24, 2.45) is 5.92 Å². The highest BCUT2D eigenvalue weighted by molar-refractivity contribution is 5.76. The second-order valence-electron chi connectivity index (χ2n) is 6.85. The number of unbranched alkanes of at least 4 members (excludes halogenated alkanes) is 8. The molecule has 0 aliphatic carbocycles. The molecular weight excluding hydrogens is 282 g/mol. The molecule has 0 aromatic carbocycles. The van der Waals surface area contributed by atoms with Crippen molar-refractivity contribution in [1.29, 1.82) is 0 Å². The van der Waals surface area contributed by atoms with E-state index >= 15 is 0 Å². The van der Waals surface area contributed by atoms with Crippen molar-refractivity contribution < 1.29 is 4.79 Å². The number of hydrogen-bond acceptors (Lipinski definition) is 1. The molecule has 0 aromatic heterocycles. The Balaban J connectivity index is 4.20. The third-order valence-electron chi connectivity index (χ3n) is 4.73. The maximum absolute atomic E-state index is 12.0. The molecule has 136 valence electrons. The Hall–Kier alpha value is -0.790. The van der Waals surface area contributed by atoms with E-state index in [1.54, 1.807) is 6.20 Å². The summed E-state index contributed by atoms with van der Waals surface area (Å²) in [5.41, 5.74) is 0. The number of rotatable bonds is 16. The Bertz CT molecular complexity index is 288. The molecular formula is C21H41NO. The van der Waals surface area contributed by atoms with Gasteiger partial charge in [-0.25, -0.2) is 0 Å². The Kier molecular flexibility index (Phi) is 15.5. The first-order valence-corrected chi connectivity index (χ1v) is 10.1. The molecule has 0 aliphatic heterocycles. The molecule has 2 heteroatoms.